The van der Waals surface area contributed by atoms with Crippen LogP contribution in [0.5, 0.6) is 5.75 Å². The van der Waals surface area contributed by atoms with Crippen molar-refractivity contribution in [2.75, 3.05) is 7.11 Å². The quantitative estimate of drug-likeness (QED) is 0.883. The average molecular weight is 244 g/mol. The molecule has 2 nitrogen and oxygen atoms in total. The van der Waals surface area contributed by atoms with Crippen LogP contribution in [-0.4, -0.2) is 12.6 Å². The fraction of sp³-hybridized carbons (Fsp3) is 0.500. The summed E-state index contributed by atoms with van der Waals surface area (Å²) in [6.45, 7) is 0. The minimum absolute atomic E-state index is 0.0106. The second-order valence-electron chi connectivity index (χ2n) is 4.46. The summed E-state index contributed by atoms with van der Waals surface area (Å²) in [4.78, 5) is 0. The van der Waals surface area contributed by atoms with E-state index in [9.17, 15) is 4.39 Å². The second kappa shape index (κ2) is 4.22. The van der Waals surface area contributed by atoms with E-state index in [1.807, 2.05) is 0 Å². The molecule has 0 radical (unpaired) electrons. The van der Waals surface area contributed by atoms with Crippen LogP contribution in [0, 0.1) is 5.82 Å². The largest absolute Gasteiger partial charge is 0.495 e. The summed E-state index contributed by atoms with van der Waals surface area (Å²) in [5.74, 6) is -0.0450. The Bertz CT molecular complexity index is 404. The topological polar surface area (TPSA) is 35.2 Å². The highest BCUT2D eigenvalue weighted by atomic mass is 35.5. The Kier molecular flexibility index (Phi) is 3.08. The summed E-state index contributed by atoms with van der Waals surface area (Å²) in [6, 6.07) is 3.23. The molecule has 0 heterocycles. The standard InChI is InChI=1S/C12H15ClFNO/c1-16-10-7-8(6-9(14)11(10)13)2-3-12(15)4-5-12/h6-7H,2-5,15H2,1H3. The third-order valence-electron chi connectivity index (χ3n) is 3.08. The third-order valence-corrected chi connectivity index (χ3v) is 3.45. The number of rotatable bonds is 4. The number of aryl methyl sites for hydroxylation is 1. The van der Waals surface area contributed by atoms with E-state index in [0.29, 0.717) is 5.75 Å². The molecule has 2 rings (SSSR count). The van der Waals surface area contributed by atoms with Crippen molar-refractivity contribution in [2.24, 2.45) is 5.73 Å². The van der Waals surface area contributed by atoms with Crippen molar-refractivity contribution in [3.8, 4) is 5.75 Å². The van der Waals surface area contributed by atoms with Crippen molar-refractivity contribution in [3.05, 3.63) is 28.5 Å². The van der Waals surface area contributed by atoms with Crippen molar-refractivity contribution >= 4 is 11.6 Å². The predicted molar refractivity (Wildman–Crippen MR) is 62.4 cm³/mol. The van der Waals surface area contributed by atoms with Gasteiger partial charge in [0.15, 0.2) is 0 Å². The molecule has 0 spiro atoms. The molecule has 0 amide bonds. The summed E-state index contributed by atoms with van der Waals surface area (Å²) in [7, 11) is 1.48. The van der Waals surface area contributed by atoms with Crippen molar-refractivity contribution in [1.29, 1.82) is 0 Å². The molecule has 4 heteroatoms. The highest BCUT2D eigenvalue weighted by molar-refractivity contribution is 6.32. The predicted octanol–water partition coefficient (Wildman–Crippen LogP) is 2.91. The first-order chi connectivity index (χ1) is 7.54. The van der Waals surface area contributed by atoms with Crippen LogP contribution >= 0.6 is 11.6 Å². The lowest BCUT2D eigenvalue weighted by atomic mass is 10.0. The maximum absolute atomic E-state index is 13.4. The second-order valence-corrected chi connectivity index (χ2v) is 4.83. The van der Waals surface area contributed by atoms with Crippen molar-refractivity contribution < 1.29 is 9.13 Å². The Labute approximate surface area is 99.5 Å². The van der Waals surface area contributed by atoms with Crippen LogP contribution in [-0.2, 0) is 6.42 Å². The minimum atomic E-state index is -0.433. The van der Waals surface area contributed by atoms with E-state index in [4.69, 9.17) is 22.1 Å². The van der Waals surface area contributed by atoms with Crippen molar-refractivity contribution in [2.45, 2.75) is 31.2 Å². The van der Waals surface area contributed by atoms with E-state index >= 15 is 0 Å². The van der Waals surface area contributed by atoms with Gasteiger partial charge in [0.1, 0.15) is 16.6 Å². The average Bonchev–Trinajstić information content (AvgIpc) is 2.99. The molecule has 1 saturated carbocycles. The SMILES string of the molecule is COc1cc(CCC2(N)CC2)cc(F)c1Cl. The Morgan fingerprint density at radius 3 is 2.75 bits per heavy atom. The van der Waals surface area contributed by atoms with Crippen molar-refractivity contribution in [3.63, 3.8) is 0 Å². The van der Waals surface area contributed by atoms with Crippen LogP contribution in [0.4, 0.5) is 4.39 Å². The van der Waals surface area contributed by atoms with Gasteiger partial charge in [-0.3, -0.25) is 0 Å². The summed E-state index contributed by atoms with van der Waals surface area (Å²) in [5, 5.41) is 0.0418. The molecule has 0 bridgehead atoms. The molecular weight excluding hydrogens is 229 g/mol. The van der Waals surface area contributed by atoms with Crippen molar-refractivity contribution in [1.82, 2.24) is 0 Å². The number of benzene rings is 1. The van der Waals surface area contributed by atoms with Gasteiger partial charge < -0.3 is 10.5 Å². The Hall–Kier alpha value is -0.800. The number of hydrogen-bond acceptors (Lipinski definition) is 2. The van der Waals surface area contributed by atoms with Gasteiger partial charge in [-0.25, -0.2) is 4.39 Å². The van der Waals surface area contributed by atoms with Crippen LogP contribution in [0.25, 0.3) is 0 Å². The zero-order chi connectivity index (χ0) is 11.8. The van der Waals surface area contributed by atoms with Crippen LogP contribution in [0.15, 0.2) is 12.1 Å². The lowest BCUT2D eigenvalue weighted by Crippen LogP contribution is -2.22. The van der Waals surface area contributed by atoms with Gasteiger partial charge in [0, 0.05) is 5.54 Å². The van der Waals surface area contributed by atoms with Gasteiger partial charge in [-0.05, 0) is 43.4 Å². The Balaban J connectivity index is 2.11. The van der Waals surface area contributed by atoms with Gasteiger partial charge in [-0.15, -0.1) is 0 Å². The van der Waals surface area contributed by atoms with E-state index in [0.717, 1.165) is 31.2 Å². The summed E-state index contributed by atoms with van der Waals surface area (Å²) < 4.78 is 18.4. The van der Waals surface area contributed by atoms with Crippen LogP contribution in [0.1, 0.15) is 24.8 Å². The zero-order valence-corrected chi connectivity index (χ0v) is 9.98. The first-order valence-corrected chi connectivity index (χ1v) is 5.73. The number of ether oxygens (including phenoxy) is 1. The highest BCUT2D eigenvalue weighted by Gasteiger charge is 2.37. The normalized spacial score (nSPS) is 17.2. The summed E-state index contributed by atoms with van der Waals surface area (Å²) >= 11 is 5.74. The monoisotopic (exact) mass is 243 g/mol. The lowest BCUT2D eigenvalue weighted by molar-refractivity contribution is 0.410. The van der Waals surface area contributed by atoms with Gasteiger partial charge >= 0.3 is 0 Å². The van der Waals surface area contributed by atoms with Gasteiger partial charge in [-0.2, -0.15) is 0 Å². The maximum Gasteiger partial charge on any atom is 0.145 e. The van der Waals surface area contributed by atoms with Gasteiger partial charge in [0.25, 0.3) is 0 Å². The molecule has 0 aromatic heterocycles. The highest BCUT2D eigenvalue weighted by Crippen LogP contribution is 2.37. The molecule has 2 N–H and O–H groups in total. The molecule has 1 aliphatic rings. The smallest absolute Gasteiger partial charge is 0.145 e. The molecule has 0 saturated heterocycles. The van der Waals surface area contributed by atoms with Gasteiger partial charge in [0.05, 0.1) is 7.11 Å². The van der Waals surface area contributed by atoms with E-state index in [1.165, 1.54) is 13.2 Å². The Morgan fingerprint density at radius 1 is 1.50 bits per heavy atom. The fourth-order valence-corrected chi connectivity index (χ4v) is 1.90. The number of nitrogens with two attached hydrogens (primary N) is 1. The third kappa shape index (κ3) is 2.47. The molecule has 1 fully saturated rings. The van der Waals surface area contributed by atoms with E-state index in [1.54, 1.807) is 6.07 Å². The van der Waals surface area contributed by atoms with Crippen LogP contribution in [0.2, 0.25) is 5.02 Å². The first kappa shape index (κ1) is 11.7. The number of methoxy groups -OCH3 is 1. The Morgan fingerprint density at radius 2 is 2.19 bits per heavy atom. The van der Waals surface area contributed by atoms with Crippen LogP contribution < -0.4 is 10.5 Å². The molecular formula is C12H15ClFNO. The molecule has 1 aliphatic carbocycles. The van der Waals surface area contributed by atoms with Crippen LogP contribution in [0.3, 0.4) is 0 Å². The van der Waals surface area contributed by atoms with Gasteiger partial charge in [-0.1, -0.05) is 11.6 Å². The first-order valence-electron chi connectivity index (χ1n) is 5.35. The molecule has 0 unspecified atom stereocenters. The summed E-state index contributed by atoms with van der Waals surface area (Å²) in [6.07, 6.45) is 3.79. The molecule has 1 aromatic carbocycles. The van der Waals surface area contributed by atoms with Gasteiger partial charge in [0.2, 0.25) is 0 Å². The zero-order valence-electron chi connectivity index (χ0n) is 9.22. The van der Waals surface area contributed by atoms with E-state index in [-0.39, 0.29) is 10.6 Å². The minimum Gasteiger partial charge on any atom is -0.495 e. The summed E-state index contributed by atoms with van der Waals surface area (Å²) in [5.41, 5.74) is 6.86. The fourth-order valence-electron chi connectivity index (χ4n) is 1.71. The molecule has 1 aromatic rings. The number of hydrogen-bond donors (Lipinski definition) is 1. The molecule has 88 valence electrons. The van der Waals surface area contributed by atoms with E-state index in [2.05, 4.69) is 0 Å². The molecule has 0 atom stereocenters. The van der Waals surface area contributed by atoms with E-state index < -0.39 is 5.82 Å². The molecule has 16 heavy (non-hydrogen) atoms. The number of halogens is 2. The maximum atomic E-state index is 13.4. The lowest BCUT2D eigenvalue weighted by Gasteiger charge is -2.10. The molecule has 0 aliphatic heterocycles.